The van der Waals surface area contributed by atoms with Gasteiger partial charge in [-0.25, -0.2) is 0 Å². The van der Waals surface area contributed by atoms with Gasteiger partial charge in [-0.05, 0) is 26.2 Å². The van der Waals surface area contributed by atoms with Crippen LogP contribution in [0.4, 0.5) is 0 Å². The lowest BCUT2D eigenvalue weighted by Gasteiger charge is -2.19. The van der Waals surface area contributed by atoms with Gasteiger partial charge in [-0.3, -0.25) is 19.2 Å². The molecule has 0 N–H and O–H groups in total. The molecule has 0 unspecified atom stereocenters. The van der Waals surface area contributed by atoms with Crippen LogP contribution in [0.15, 0.2) is 6.20 Å². The van der Waals surface area contributed by atoms with Gasteiger partial charge in [0, 0.05) is 19.3 Å². The number of nitrogens with zero attached hydrogens (tertiary/aromatic N) is 3. The van der Waals surface area contributed by atoms with E-state index in [0.29, 0.717) is 24.5 Å². The highest BCUT2D eigenvalue weighted by Gasteiger charge is 2.47. The average molecular weight is 310 g/mol. The predicted octanol–water partition coefficient (Wildman–Crippen LogP) is 2.41. The summed E-state index contributed by atoms with van der Waals surface area (Å²) in [4.78, 5) is 26.1. The maximum Gasteiger partial charge on any atom is 0.233 e. The SMILES string of the molecule is Cc1nn(CCCN2C(=O)[C@H]3CCCC[C@H]3C2=O)cc1Cl. The molecule has 2 amide bonds. The van der Waals surface area contributed by atoms with Crippen LogP contribution < -0.4 is 0 Å². The van der Waals surface area contributed by atoms with Crippen molar-refractivity contribution in [3.05, 3.63) is 16.9 Å². The van der Waals surface area contributed by atoms with Crippen molar-refractivity contribution < 1.29 is 9.59 Å². The van der Waals surface area contributed by atoms with Gasteiger partial charge >= 0.3 is 0 Å². The van der Waals surface area contributed by atoms with Crippen LogP contribution in [0.3, 0.4) is 0 Å². The summed E-state index contributed by atoms with van der Waals surface area (Å²) in [6, 6.07) is 0. The fourth-order valence-corrected chi connectivity index (χ4v) is 3.60. The lowest BCUT2D eigenvalue weighted by atomic mass is 9.81. The number of carbonyl (C=O) groups is 2. The Kier molecular flexibility index (Phi) is 4.02. The summed E-state index contributed by atoms with van der Waals surface area (Å²) >= 11 is 5.96. The number of aryl methyl sites for hydroxylation is 2. The zero-order valence-corrected chi connectivity index (χ0v) is 13.0. The number of likely N-dealkylation sites (tertiary alicyclic amines) is 1. The van der Waals surface area contributed by atoms with Crippen LogP contribution >= 0.6 is 11.6 Å². The van der Waals surface area contributed by atoms with Crippen molar-refractivity contribution in [3.8, 4) is 0 Å². The van der Waals surface area contributed by atoms with E-state index in [-0.39, 0.29) is 23.7 Å². The molecule has 0 spiro atoms. The van der Waals surface area contributed by atoms with E-state index in [1.807, 2.05) is 6.92 Å². The second-order valence-corrected chi connectivity index (χ2v) is 6.41. The zero-order chi connectivity index (χ0) is 15.0. The van der Waals surface area contributed by atoms with E-state index in [9.17, 15) is 9.59 Å². The number of amides is 2. The summed E-state index contributed by atoms with van der Waals surface area (Å²) in [5.74, 6) is -0.0148. The molecule has 1 aliphatic carbocycles. The number of halogens is 1. The van der Waals surface area contributed by atoms with Gasteiger partial charge in [0.05, 0.1) is 22.6 Å². The van der Waals surface area contributed by atoms with Crippen LogP contribution in [-0.2, 0) is 16.1 Å². The van der Waals surface area contributed by atoms with E-state index in [1.165, 1.54) is 4.90 Å². The van der Waals surface area contributed by atoms with Crippen molar-refractivity contribution in [2.45, 2.75) is 45.6 Å². The maximum atomic E-state index is 12.3. The maximum absolute atomic E-state index is 12.3. The largest absolute Gasteiger partial charge is 0.282 e. The minimum Gasteiger partial charge on any atom is -0.282 e. The molecule has 5 nitrogen and oxygen atoms in total. The van der Waals surface area contributed by atoms with Crippen LogP contribution in [0.1, 0.15) is 37.8 Å². The van der Waals surface area contributed by atoms with E-state index < -0.39 is 0 Å². The lowest BCUT2D eigenvalue weighted by Crippen LogP contribution is -2.32. The molecule has 0 bridgehead atoms. The molecule has 1 aromatic rings. The van der Waals surface area contributed by atoms with Crippen molar-refractivity contribution in [1.29, 1.82) is 0 Å². The van der Waals surface area contributed by atoms with Crippen molar-refractivity contribution >= 4 is 23.4 Å². The molecule has 2 atom stereocenters. The summed E-state index contributed by atoms with van der Waals surface area (Å²) in [7, 11) is 0. The average Bonchev–Trinajstić information content (AvgIpc) is 2.92. The first-order chi connectivity index (χ1) is 10.1. The fourth-order valence-electron chi connectivity index (χ4n) is 3.45. The van der Waals surface area contributed by atoms with Crippen molar-refractivity contribution in [3.63, 3.8) is 0 Å². The second-order valence-electron chi connectivity index (χ2n) is 6.00. The van der Waals surface area contributed by atoms with Crippen LogP contribution in [-0.4, -0.2) is 33.0 Å². The first kappa shape index (κ1) is 14.6. The summed E-state index contributed by atoms with van der Waals surface area (Å²) < 4.78 is 1.77. The van der Waals surface area contributed by atoms with E-state index >= 15 is 0 Å². The summed E-state index contributed by atoms with van der Waals surface area (Å²) in [6.45, 7) is 3.01. The van der Waals surface area contributed by atoms with Gasteiger partial charge in [0.15, 0.2) is 0 Å². The normalized spacial score (nSPS) is 25.5. The zero-order valence-electron chi connectivity index (χ0n) is 12.2. The molecule has 3 rings (SSSR count). The molecule has 2 heterocycles. The number of imide groups is 1. The van der Waals surface area contributed by atoms with E-state index in [0.717, 1.165) is 31.4 Å². The predicted molar refractivity (Wildman–Crippen MR) is 78.8 cm³/mol. The van der Waals surface area contributed by atoms with Gasteiger partial charge in [-0.15, -0.1) is 0 Å². The molecule has 21 heavy (non-hydrogen) atoms. The van der Waals surface area contributed by atoms with Crippen LogP contribution in [0.2, 0.25) is 5.02 Å². The summed E-state index contributed by atoms with van der Waals surface area (Å²) in [6.07, 6.45) is 6.39. The first-order valence-electron chi connectivity index (χ1n) is 7.62. The molecule has 0 aromatic carbocycles. The Morgan fingerprint density at radius 3 is 2.33 bits per heavy atom. The third-order valence-corrected chi connectivity index (χ3v) is 4.96. The molecule has 1 saturated carbocycles. The molecule has 2 aliphatic rings. The number of fused-ring (bicyclic) bond motifs is 1. The first-order valence-corrected chi connectivity index (χ1v) is 8.00. The molecule has 114 valence electrons. The third-order valence-electron chi connectivity index (χ3n) is 4.59. The molecule has 1 saturated heterocycles. The minimum atomic E-state index is -0.0485. The molecule has 1 aliphatic heterocycles. The Bertz CT molecular complexity index is 526. The van der Waals surface area contributed by atoms with Gasteiger partial charge in [0.25, 0.3) is 0 Å². The second kappa shape index (κ2) is 5.79. The third kappa shape index (κ3) is 2.71. The number of rotatable bonds is 4. The van der Waals surface area contributed by atoms with Gasteiger partial charge in [0.1, 0.15) is 0 Å². The molecular weight excluding hydrogens is 290 g/mol. The van der Waals surface area contributed by atoms with Crippen LogP contribution in [0.25, 0.3) is 0 Å². The molecule has 0 radical (unpaired) electrons. The summed E-state index contributed by atoms with van der Waals surface area (Å²) in [5.41, 5.74) is 0.802. The number of aromatic nitrogens is 2. The Morgan fingerprint density at radius 1 is 1.19 bits per heavy atom. The Morgan fingerprint density at radius 2 is 1.81 bits per heavy atom. The Balaban J connectivity index is 1.57. The molecular formula is C15H20ClN3O2. The van der Waals surface area contributed by atoms with E-state index in [1.54, 1.807) is 10.9 Å². The molecule has 2 fully saturated rings. The highest BCUT2D eigenvalue weighted by atomic mass is 35.5. The lowest BCUT2D eigenvalue weighted by molar-refractivity contribution is -0.140. The van der Waals surface area contributed by atoms with Crippen molar-refractivity contribution in [2.24, 2.45) is 11.8 Å². The Hall–Kier alpha value is -1.36. The van der Waals surface area contributed by atoms with Gasteiger partial charge in [0.2, 0.25) is 11.8 Å². The summed E-state index contributed by atoms with van der Waals surface area (Å²) in [5, 5.41) is 4.93. The fraction of sp³-hybridized carbons (Fsp3) is 0.667. The van der Waals surface area contributed by atoms with Crippen molar-refractivity contribution in [2.75, 3.05) is 6.54 Å². The Labute approximate surface area is 129 Å². The molecule has 6 heteroatoms. The smallest absolute Gasteiger partial charge is 0.233 e. The van der Waals surface area contributed by atoms with E-state index in [2.05, 4.69) is 5.10 Å². The van der Waals surface area contributed by atoms with Crippen molar-refractivity contribution in [1.82, 2.24) is 14.7 Å². The van der Waals surface area contributed by atoms with Gasteiger partial charge in [-0.1, -0.05) is 24.4 Å². The van der Waals surface area contributed by atoms with Crippen LogP contribution in [0.5, 0.6) is 0 Å². The monoisotopic (exact) mass is 309 g/mol. The highest BCUT2D eigenvalue weighted by Crippen LogP contribution is 2.37. The number of carbonyl (C=O) groups excluding carboxylic acids is 2. The van der Waals surface area contributed by atoms with Gasteiger partial charge < -0.3 is 0 Å². The van der Waals surface area contributed by atoms with Crippen LogP contribution in [0, 0.1) is 18.8 Å². The van der Waals surface area contributed by atoms with E-state index in [4.69, 9.17) is 11.6 Å². The standard InChI is InChI=1S/C15H20ClN3O2/c1-10-13(16)9-18(17-10)7-4-8-19-14(20)11-5-2-3-6-12(11)15(19)21/h9,11-12H,2-8H2,1H3/t11-,12+. The quantitative estimate of drug-likeness (QED) is 0.803. The number of hydrogen-bond donors (Lipinski definition) is 0. The number of hydrogen-bond acceptors (Lipinski definition) is 3. The molecule has 1 aromatic heterocycles. The highest BCUT2D eigenvalue weighted by molar-refractivity contribution is 6.31. The minimum absolute atomic E-state index is 0.0411. The topological polar surface area (TPSA) is 55.2 Å². The van der Waals surface area contributed by atoms with Gasteiger partial charge in [-0.2, -0.15) is 5.10 Å².